The summed E-state index contributed by atoms with van der Waals surface area (Å²) in [6.45, 7) is 12.3. The third-order valence-electron chi connectivity index (χ3n) is 6.59. The largest absolute Gasteiger partial charge is 0.372 e. The molecule has 0 radical (unpaired) electrons. The van der Waals surface area contributed by atoms with E-state index >= 15 is 0 Å². The van der Waals surface area contributed by atoms with Gasteiger partial charge in [0.05, 0.1) is 17.9 Å². The zero-order valence-corrected chi connectivity index (χ0v) is 20.0. The highest BCUT2D eigenvalue weighted by Crippen LogP contribution is 2.35. The molecule has 0 spiro atoms. The van der Waals surface area contributed by atoms with Gasteiger partial charge >= 0.3 is 0 Å². The number of fused-ring (bicyclic) bond motifs is 3. The molecule has 1 aliphatic rings. The Kier molecular flexibility index (Phi) is 5.49. The number of nitrogens with zero attached hydrogens (tertiary/aromatic N) is 3. The van der Waals surface area contributed by atoms with E-state index in [9.17, 15) is 4.79 Å². The normalized spacial score (nSPS) is 19.0. The molecule has 1 aliphatic heterocycles. The van der Waals surface area contributed by atoms with Gasteiger partial charge in [-0.1, -0.05) is 24.2 Å². The van der Waals surface area contributed by atoms with Crippen molar-refractivity contribution in [3.8, 4) is 11.1 Å². The predicted octanol–water partition coefficient (Wildman–Crippen LogP) is 5.73. The van der Waals surface area contributed by atoms with Gasteiger partial charge in [0, 0.05) is 52.6 Å². The molecular formula is C27H31N3O3. The fourth-order valence-corrected chi connectivity index (χ4v) is 5.27. The van der Waals surface area contributed by atoms with E-state index in [1.54, 1.807) is 0 Å². The first-order valence-electron chi connectivity index (χ1n) is 11.8. The van der Waals surface area contributed by atoms with Crippen LogP contribution in [-0.2, 0) is 11.3 Å². The second-order valence-electron chi connectivity index (χ2n) is 9.28. The molecule has 1 saturated heterocycles. The summed E-state index contributed by atoms with van der Waals surface area (Å²) in [6, 6.07) is 12.6. The predicted molar refractivity (Wildman–Crippen MR) is 131 cm³/mol. The molecule has 6 heteroatoms. The number of hydrogen-bond donors (Lipinski definition) is 0. The molecule has 2 aromatic carbocycles. The first-order valence-corrected chi connectivity index (χ1v) is 11.8. The van der Waals surface area contributed by atoms with Crippen LogP contribution in [-0.4, -0.2) is 45.8 Å². The first kappa shape index (κ1) is 21.7. The highest BCUT2D eigenvalue weighted by molar-refractivity contribution is 6.11. The SMILES string of the molecule is CCCn1c2ccc(C(=O)N3C[C@@H](C)O[C@@H](C)C3)cc2c2ccc(-c3c(C)noc3C)cc21. The number of morpholine rings is 1. The van der Waals surface area contributed by atoms with Crippen molar-refractivity contribution in [3.05, 3.63) is 53.4 Å². The maximum Gasteiger partial charge on any atom is 0.254 e. The second-order valence-corrected chi connectivity index (χ2v) is 9.28. The van der Waals surface area contributed by atoms with Gasteiger partial charge in [0.2, 0.25) is 0 Å². The Labute approximate surface area is 194 Å². The Hall–Kier alpha value is -3.12. The van der Waals surface area contributed by atoms with Crippen molar-refractivity contribution in [2.45, 2.75) is 59.8 Å². The van der Waals surface area contributed by atoms with Gasteiger partial charge in [-0.3, -0.25) is 4.79 Å². The van der Waals surface area contributed by atoms with Crippen LogP contribution in [0.15, 0.2) is 40.9 Å². The van der Waals surface area contributed by atoms with Gasteiger partial charge in [-0.2, -0.15) is 0 Å². The van der Waals surface area contributed by atoms with Gasteiger partial charge in [0.25, 0.3) is 5.91 Å². The van der Waals surface area contributed by atoms with Gasteiger partial charge in [-0.25, -0.2) is 0 Å². The van der Waals surface area contributed by atoms with Crippen LogP contribution in [0.2, 0.25) is 0 Å². The van der Waals surface area contributed by atoms with Crippen LogP contribution in [0.3, 0.4) is 0 Å². The van der Waals surface area contributed by atoms with Crippen molar-refractivity contribution in [1.82, 2.24) is 14.6 Å². The lowest BCUT2D eigenvalue weighted by Crippen LogP contribution is -2.48. The van der Waals surface area contributed by atoms with Crippen LogP contribution in [0, 0.1) is 13.8 Å². The van der Waals surface area contributed by atoms with E-state index in [2.05, 4.69) is 47.0 Å². The van der Waals surface area contributed by atoms with Crippen LogP contribution >= 0.6 is 0 Å². The molecule has 2 atom stereocenters. The Bertz CT molecular complexity index is 1320. The molecular weight excluding hydrogens is 414 g/mol. The number of amides is 1. The highest BCUT2D eigenvalue weighted by Gasteiger charge is 2.27. The first-order chi connectivity index (χ1) is 15.9. The van der Waals surface area contributed by atoms with Crippen LogP contribution in [0.5, 0.6) is 0 Å². The zero-order chi connectivity index (χ0) is 23.3. The molecule has 2 aromatic heterocycles. The van der Waals surface area contributed by atoms with Crippen molar-refractivity contribution < 1.29 is 14.1 Å². The Morgan fingerprint density at radius 3 is 2.45 bits per heavy atom. The van der Waals surface area contributed by atoms with E-state index in [-0.39, 0.29) is 18.1 Å². The number of hydrogen-bond acceptors (Lipinski definition) is 4. The molecule has 0 N–H and O–H groups in total. The molecule has 1 fully saturated rings. The minimum Gasteiger partial charge on any atom is -0.372 e. The van der Waals surface area contributed by atoms with Gasteiger partial charge in [0.1, 0.15) is 5.76 Å². The third-order valence-corrected chi connectivity index (χ3v) is 6.59. The lowest BCUT2D eigenvalue weighted by atomic mass is 10.0. The monoisotopic (exact) mass is 445 g/mol. The molecule has 0 saturated carbocycles. The van der Waals surface area contributed by atoms with E-state index in [1.807, 2.05) is 38.7 Å². The smallest absolute Gasteiger partial charge is 0.254 e. The molecule has 0 aliphatic carbocycles. The standard InChI is InChI=1S/C27H31N3O3/c1-6-11-30-24-10-8-21(27(31)29-14-16(2)32-17(3)15-29)12-23(24)22-9-7-20(13-25(22)30)26-18(4)28-33-19(26)5/h7-10,12-13,16-17H,6,11,14-15H2,1-5H3/t16-,17+. The zero-order valence-electron chi connectivity index (χ0n) is 20.0. The summed E-state index contributed by atoms with van der Waals surface area (Å²) >= 11 is 0. The van der Waals surface area contributed by atoms with Crippen molar-refractivity contribution in [3.63, 3.8) is 0 Å². The molecule has 5 rings (SSSR count). The van der Waals surface area contributed by atoms with Crippen LogP contribution in [0.1, 0.15) is 49.0 Å². The van der Waals surface area contributed by atoms with E-state index in [4.69, 9.17) is 9.26 Å². The molecule has 33 heavy (non-hydrogen) atoms. The fourth-order valence-electron chi connectivity index (χ4n) is 5.27. The average Bonchev–Trinajstić information content (AvgIpc) is 3.28. The van der Waals surface area contributed by atoms with Gasteiger partial charge in [-0.05, 0) is 63.9 Å². The number of rotatable bonds is 4. The van der Waals surface area contributed by atoms with Crippen molar-refractivity contribution in [2.24, 2.45) is 0 Å². The van der Waals surface area contributed by atoms with E-state index in [0.717, 1.165) is 57.4 Å². The Morgan fingerprint density at radius 2 is 1.79 bits per heavy atom. The molecule has 172 valence electrons. The lowest BCUT2D eigenvalue weighted by molar-refractivity contribution is -0.0586. The van der Waals surface area contributed by atoms with Crippen molar-refractivity contribution in [2.75, 3.05) is 13.1 Å². The fraction of sp³-hybridized carbons (Fsp3) is 0.407. The second kappa shape index (κ2) is 8.34. The minimum absolute atomic E-state index is 0.0515. The van der Waals surface area contributed by atoms with Gasteiger partial charge in [0.15, 0.2) is 0 Å². The summed E-state index contributed by atoms with van der Waals surface area (Å²) in [5.41, 5.74) is 6.11. The highest BCUT2D eigenvalue weighted by atomic mass is 16.5. The summed E-state index contributed by atoms with van der Waals surface area (Å²) in [4.78, 5) is 15.3. The van der Waals surface area contributed by atoms with E-state index < -0.39 is 0 Å². The van der Waals surface area contributed by atoms with Crippen molar-refractivity contribution >= 4 is 27.7 Å². The lowest BCUT2D eigenvalue weighted by Gasteiger charge is -2.35. The molecule has 1 amide bonds. The number of aromatic nitrogens is 2. The summed E-state index contributed by atoms with van der Waals surface area (Å²) in [6.07, 6.45) is 1.13. The van der Waals surface area contributed by atoms with E-state index in [1.165, 1.54) is 5.52 Å². The Morgan fingerprint density at radius 1 is 1.03 bits per heavy atom. The molecule has 3 heterocycles. The van der Waals surface area contributed by atoms with Gasteiger partial charge in [-0.15, -0.1) is 0 Å². The number of carbonyl (C=O) groups excluding carboxylic acids is 1. The summed E-state index contributed by atoms with van der Waals surface area (Å²) < 4.78 is 13.6. The number of ether oxygens (including phenoxy) is 1. The maximum absolute atomic E-state index is 13.3. The maximum atomic E-state index is 13.3. The number of aryl methyl sites for hydroxylation is 3. The molecule has 6 nitrogen and oxygen atoms in total. The Balaban J connectivity index is 1.63. The van der Waals surface area contributed by atoms with Crippen molar-refractivity contribution in [1.29, 1.82) is 0 Å². The topological polar surface area (TPSA) is 60.5 Å². The minimum atomic E-state index is 0.0515. The number of benzene rings is 2. The molecule has 0 bridgehead atoms. The summed E-state index contributed by atoms with van der Waals surface area (Å²) in [5, 5.41) is 6.40. The summed E-state index contributed by atoms with van der Waals surface area (Å²) in [5.74, 6) is 0.898. The van der Waals surface area contributed by atoms with Crippen LogP contribution in [0.4, 0.5) is 0 Å². The molecule has 0 unspecified atom stereocenters. The average molecular weight is 446 g/mol. The third kappa shape index (κ3) is 3.72. The van der Waals surface area contributed by atoms with Gasteiger partial charge < -0.3 is 18.7 Å². The van der Waals surface area contributed by atoms with Crippen LogP contribution in [0.25, 0.3) is 32.9 Å². The summed E-state index contributed by atoms with van der Waals surface area (Å²) in [7, 11) is 0. The molecule has 4 aromatic rings. The number of carbonyl (C=O) groups is 1. The van der Waals surface area contributed by atoms with Crippen LogP contribution < -0.4 is 0 Å². The quantitative estimate of drug-likeness (QED) is 0.403. The van der Waals surface area contributed by atoms with E-state index in [0.29, 0.717) is 13.1 Å².